The molecule has 0 spiro atoms. The molecule has 120 valence electrons. The normalized spacial score (nSPS) is 15.6. The number of nitrogens with one attached hydrogen (secondary N) is 1. The quantitative estimate of drug-likeness (QED) is 0.856. The Hall–Kier alpha value is -2.89. The van der Waals surface area contributed by atoms with E-state index < -0.39 is 12.2 Å². The topological polar surface area (TPSA) is 66.0 Å². The van der Waals surface area contributed by atoms with Crippen LogP contribution in [0.2, 0.25) is 0 Å². The number of benzene rings is 2. The molecule has 1 N–H and O–H groups in total. The fourth-order valence-corrected chi connectivity index (χ4v) is 2.55. The minimum Gasteiger partial charge on any atom is -0.497 e. The number of carbonyl (C=O) groups is 1. The molecule has 6 nitrogen and oxygen atoms in total. The molecule has 0 amide bonds. The summed E-state index contributed by atoms with van der Waals surface area (Å²) in [6, 6.07) is 10.9. The predicted molar refractivity (Wildman–Crippen MR) is 84.3 cm³/mol. The maximum atomic E-state index is 12.2. The van der Waals surface area contributed by atoms with E-state index in [9.17, 15) is 4.79 Å². The zero-order valence-corrected chi connectivity index (χ0v) is 13.1. The number of cyclic esters (lactones) is 1. The minimum absolute atomic E-state index is 0.383. The van der Waals surface area contributed by atoms with Crippen molar-refractivity contribution in [2.24, 2.45) is 0 Å². The second-order valence-electron chi connectivity index (χ2n) is 4.92. The Morgan fingerprint density at radius 3 is 2.30 bits per heavy atom. The van der Waals surface area contributed by atoms with Gasteiger partial charge in [-0.2, -0.15) is 0 Å². The van der Waals surface area contributed by atoms with Gasteiger partial charge in [0.2, 0.25) is 6.23 Å². The van der Waals surface area contributed by atoms with Gasteiger partial charge < -0.3 is 24.3 Å². The fraction of sp³-hybridized carbons (Fsp3) is 0.235. The molecule has 3 rings (SSSR count). The van der Waals surface area contributed by atoms with Crippen LogP contribution in [-0.2, 0) is 4.74 Å². The zero-order valence-electron chi connectivity index (χ0n) is 13.1. The average molecular weight is 315 g/mol. The molecule has 2 aromatic rings. The molecule has 0 radical (unpaired) electrons. The van der Waals surface area contributed by atoms with Crippen molar-refractivity contribution in [1.29, 1.82) is 0 Å². The van der Waals surface area contributed by atoms with Crippen LogP contribution in [0.4, 0.5) is 5.69 Å². The predicted octanol–water partition coefficient (Wildman–Crippen LogP) is 2.99. The molecule has 2 aromatic carbocycles. The molecular weight excluding hydrogens is 298 g/mol. The largest absolute Gasteiger partial charge is 0.497 e. The number of ether oxygens (including phenoxy) is 4. The van der Waals surface area contributed by atoms with Crippen LogP contribution in [-0.4, -0.2) is 27.3 Å². The first kappa shape index (κ1) is 15.0. The Balaban J connectivity index is 1.92. The van der Waals surface area contributed by atoms with E-state index in [1.165, 1.54) is 14.2 Å². The number of rotatable bonds is 5. The van der Waals surface area contributed by atoms with Gasteiger partial charge in [-0.25, -0.2) is 4.79 Å². The Morgan fingerprint density at radius 1 is 0.957 bits per heavy atom. The summed E-state index contributed by atoms with van der Waals surface area (Å²) in [4.78, 5) is 12.2. The van der Waals surface area contributed by atoms with Crippen molar-refractivity contribution in [3.63, 3.8) is 0 Å². The van der Waals surface area contributed by atoms with Gasteiger partial charge >= 0.3 is 5.97 Å². The lowest BCUT2D eigenvalue weighted by atomic mass is 10.1. The molecule has 0 aromatic heterocycles. The van der Waals surface area contributed by atoms with E-state index in [1.807, 2.05) is 24.3 Å². The van der Waals surface area contributed by atoms with Gasteiger partial charge in [-0.05, 0) is 36.4 Å². The number of hydrogen-bond donors (Lipinski definition) is 1. The molecule has 0 fully saturated rings. The summed E-state index contributed by atoms with van der Waals surface area (Å²) in [5, 5.41) is 3.17. The highest BCUT2D eigenvalue weighted by Gasteiger charge is 2.35. The molecule has 1 atom stereocenters. The second-order valence-corrected chi connectivity index (χ2v) is 4.92. The number of esters is 1. The number of hydrogen-bond acceptors (Lipinski definition) is 6. The van der Waals surface area contributed by atoms with Crippen molar-refractivity contribution in [2.75, 3.05) is 26.6 Å². The third-order valence-corrected chi connectivity index (χ3v) is 3.68. The van der Waals surface area contributed by atoms with E-state index in [-0.39, 0.29) is 0 Å². The van der Waals surface area contributed by atoms with Crippen LogP contribution in [0.25, 0.3) is 0 Å². The highest BCUT2D eigenvalue weighted by atomic mass is 16.6. The first-order chi connectivity index (χ1) is 11.2. The van der Waals surface area contributed by atoms with Crippen molar-refractivity contribution in [2.45, 2.75) is 6.23 Å². The molecule has 0 saturated carbocycles. The van der Waals surface area contributed by atoms with E-state index in [2.05, 4.69) is 5.32 Å². The maximum absolute atomic E-state index is 12.2. The molecule has 0 bridgehead atoms. The monoisotopic (exact) mass is 315 g/mol. The molecule has 0 saturated heterocycles. The van der Waals surface area contributed by atoms with E-state index in [4.69, 9.17) is 18.9 Å². The molecule has 6 heteroatoms. The van der Waals surface area contributed by atoms with Crippen LogP contribution in [0, 0.1) is 0 Å². The highest BCUT2D eigenvalue weighted by Crippen LogP contribution is 2.42. The van der Waals surface area contributed by atoms with Gasteiger partial charge in [-0.1, -0.05) is 0 Å². The summed E-state index contributed by atoms with van der Waals surface area (Å²) in [7, 11) is 4.63. The van der Waals surface area contributed by atoms with Crippen LogP contribution in [0.3, 0.4) is 0 Å². The molecule has 1 heterocycles. The average Bonchev–Trinajstić information content (AvgIpc) is 2.90. The molecule has 0 aliphatic carbocycles. The SMILES string of the molecule is COc1ccc(N[C@@H]2OC(=O)c3c2ccc(OC)c3OC)cc1. The number of methoxy groups -OCH3 is 3. The lowest BCUT2D eigenvalue weighted by molar-refractivity contribution is 0.0435. The van der Waals surface area contributed by atoms with Gasteiger partial charge in [0, 0.05) is 11.3 Å². The molecule has 1 aliphatic rings. The second kappa shape index (κ2) is 6.08. The van der Waals surface area contributed by atoms with Gasteiger partial charge in [-0.15, -0.1) is 0 Å². The summed E-state index contributed by atoms with van der Waals surface area (Å²) in [6.45, 7) is 0. The Kier molecular flexibility index (Phi) is 3.97. The lowest BCUT2D eigenvalue weighted by Crippen LogP contribution is -2.10. The van der Waals surface area contributed by atoms with Crippen LogP contribution in [0.1, 0.15) is 22.1 Å². The van der Waals surface area contributed by atoms with E-state index >= 15 is 0 Å². The summed E-state index contributed by atoms with van der Waals surface area (Å²) < 4.78 is 21.1. The number of fused-ring (bicyclic) bond motifs is 1. The van der Waals surface area contributed by atoms with E-state index in [0.29, 0.717) is 22.6 Å². The van der Waals surface area contributed by atoms with Crippen LogP contribution < -0.4 is 19.5 Å². The van der Waals surface area contributed by atoms with Crippen LogP contribution in [0.5, 0.6) is 17.2 Å². The molecule has 1 aliphatic heterocycles. The lowest BCUT2D eigenvalue weighted by Gasteiger charge is -2.15. The summed E-state index contributed by atoms with van der Waals surface area (Å²) >= 11 is 0. The minimum atomic E-state index is -0.578. The van der Waals surface area contributed by atoms with E-state index in [1.54, 1.807) is 19.2 Å². The highest BCUT2D eigenvalue weighted by molar-refractivity contribution is 5.98. The molecule has 23 heavy (non-hydrogen) atoms. The smallest absolute Gasteiger partial charge is 0.344 e. The zero-order chi connectivity index (χ0) is 16.4. The molecular formula is C17H17NO5. The first-order valence-corrected chi connectivity index (χ1v) is 7.04. The Bertz CT molecular complexity index is 727. The third kappa shape index (κ3) is 2.63. The summed E-state index contributed by atoms with van der Waals surface area (Å²) in [5.74, 6) is 1.19. The van der Waals surface area contributed by atoms with Gasteiger partial charge in [-0.3, -0.25) is 0 Å². The van der Waals surface area contributed by atoms with Crippen molar-refractivity contribution in [3.8, 4) is 17.2 Å². The van der Waals surface area contributed by atoms with Crippen molar-refractivity contribution in [1.82, 2.24) is 0 Å². The van der Waals surface area contributed by atoms with Crippen molar-refractivity contribution in [3.05, 3.63) is 47.5 Å². The van der Waals surface area contributed by atoms with Gasteiger partial charge in [0.1, 0.15) is 11.3 Å². The van der Waals surface area contributed by atoms with E-state index in [0.717, 1.165) is 11.4 Å². The fourth-order valence-electron chi connectivity index (χ4n) is 2.55. The van der Waals surface area contributed by atoms with Crippen molar-refractivity contribution >= 4 is 11.7 Å². The number of carbonyl (C=O) groups excluding carboxylic acids is 1. The van der Waals surface area contributed by atoms with Crippen LogP contribution >= 0.6 is 0 Å². The maximum Gasteiger partial charge on any atom is 0.344 e. The standard InChI is InChI=1S/C17H17NO5/c1-20-11-6-4-10(5-7-11)18-16-12-8-9-13(21-2)15(22-3)14(12)17(19)23-16/h4-9,16,18H,1-3H3/t16-/m1/s1. The first-order valence-electron chi connectivity index (χ1n) is 7.04. The van der Waals surface area contributed by atoms with Crippen molar-refractivity contribution < 1.29 is 23.7 Å². The van der Waals surface area contributed by atoms with Gasteiger partial charge in [0.25, 0.3) is 0 Å². The Labute approximate surface area is 133 Å². The summed E-state index contributed by atoms with van der Waals surface area (Å²) in [5.41, 5.74) is 1.91. The number of anilines is 1. The third-order valence-electron chi connectivity index (χ3n) is 3.68. The van der Waals surface area contributed by atoms with Gasteiger partial charge in [0.05, 0.1) is 21.3 Å². The molecule has 0 unspecified atom stereocenters. The van der Waals surface area contributed by atoms with Crippen LogP contribution in [0.15, 0.2) is 36.4 Å². The Morgan fingerprint density at radius 2 is 1.70 bits per heavy atom. The summed E-state index contributed by atoms with van der Waals surface area (Å²) in [6.07, 6.45) is -0.578. The van der Waals surface area contributed by atoms with Gasteiger partial charge in [0.15, 0.2) is 11.5 Å².